The first kappa shape index (κ1) is 31.1. The fraction of sp³-hybridized carbons (Fsp3) is 0.171. The smallest absolute Gasteiger partial charge is 0.271 e. The van der Waals surface area contributed by atoms with Crippen LogP contribution in [0, 0.1) is 20.8 Å². The molecule has 9 heteroatoms. The molecule has 0 bridgehead atoms. The van der Waals surface area contributed by atoms with Crippen LogP contribution in [0.2, 0.25) is 0 Å². The summed E-state index contributed by atoms with van der Waals surface area (Å²) in [7, 11) is 0. The zero-order valence-electron chi connectivity index (χ0n) is 24.9. The predicted molar refractivity (Wildman–Crippen MR) is 183 cm³/mol. The monoisotopic (exact) mass is 669 g/mol. The number of amidine groups is 1. The highest BCUT2D eigenvalue weighted by atomic mass is 79.9. The Hall–Kier alpha value is -4.34. The Morgan fingerprint density at radius 1 is 0.932 bits per heavy atom. The quantitative estimate of drug-likeness (QED) is 0.181. The minimum atomic E-state index is -0.291. The van der Waals surface area contributed by atoms with Crippen LogP contribution in [0.25, 0.3) is 6.08 Å². The van der Waals surface area contributed by atoms with Gasteiger partial charge >= 0.3 is 0 Å². The number of aliphatic imine (C=N–C) groups is 1. The molecular formula is C35H32BrN3O4S. The highest BCUT2D eigenvalue weighted by Crippen LogP contribution is 2.41. The van der Waals surface area contributed by atoms with Crippen molar-refractivity contribution in [2.75, 3.05) is 23.4 Å². The van der Waals surface area contributed by atoms with Crippen LogP contribution in [0.15, 0.2) is 99.3 Å². The van der Waals surface area contributed by atoms with E-state index in [9.17, 15) is 9.59 Å². The summed E-state index contributed by atoms with van der Waals surface area (Å²) < 4.78 is 12.4. The van der Waals surface area contributed by atoms with Gasteiger partial charge in [0.25, 0.3) is 11.8 Å². The summed E-state index contributed by atoms with van der Waals surface area (Å²) in [4.78, 5) is 33.4. The average Bonchev–Trinajstić information content (AvgIpc) is 3.28. The molecule has 0 atom stereocenters. The molecule has 1 fully saturated rings. The fourth-order valence-electron chi connectivity index (χ4n) is 4.48. The van der Waals surface area contributed by atoms with Crippen LogP contribution in [0.3, 0.4) is 0 Å². The van der Waals surface area contributed by atoms with E-state index in [4.69, 9.17) is 14.5 Å². The van der Waals surface area contributed by atoms with Crippen LogP contribution >= 0.6 is 27.7 Å². The lowest BCUT2D eigenvalue weighted by Gasteiger charge is -2.16. The van der Waals surface area contributed by atoms with Crippen molar-refractivity contribution in [2.24, 2.45) is 4.99 Å². The number of anilines is 2. The number of carbonyl (C=O) groups excluding carboxylic acids is 2. The molecule has 5 rings (SSSR count). The molecule has 1 aliphatic rings. The van der Waals surface area contributed by atoms with Gasteiger partial charge in [-0.2, -0.15) is 0 Å². The number of carbonyl (C=O) groups is 2. The molecule has 224 valence electrons. The molecule has 0 unspecified atom stereocenters. The van der Waals surface area contributed by atoms with Gasteiger partial charge in [-0.1, -0.05) is 47.5 Å². The Morgan fingerprint density at radius 2 is 1.64 bits per heavy atom. The van der Waals surface area contributed by atoms with E-state index in [1.165, 1.54) is 11.8 Å². The van der Waals surface area contributed by atoms with E-state index in [2.05, 4.69) is 21.2 Å². The molecule has 44 heavy (non-hydrogen) atoms. The van der Waals surface area contributed by atoms with E-state index in [-0.39, 0.29) is 18.4 Å². The SMILES string of the molecule is CCOc1cc(/C=C2\SC(=Nc3ccc(C)cc3)N(c3ccc(C)cc3)C2=O)cc(Br)c1OCC(=O)Nc1cccc(C)c1. The number of rotatable bonds is 9. The van der Waals surface area contributed by atoms with Crippen LogP contribution < -0.4 is 19.7 Å². The highest BCUT2D eigenvalue weighted by Gasteiger charge is 2.35. The van der Waals surface area contributed by atoms with E-state index < -0.39 is 0 Å². The van der Waals surface area contributed by atoms with Crippen molar-refractivity contribution in [3.63, 3.8) is 0 Å². The molecule has 0 aromatic heterocycles. The van der Waals surface area contributed by atoms with Crippen LogP contribution in [0.1, 0.15) is 29.2 Å². The lowest BCUT2D eigenvalue weighted by molar-refractivity contribution is -0.118. The van der Waals surface area contributed by atoms with Crippen molar-refractivity contribution in [3.05, 3.63) is 117 Å². The fourth-order valence-corrected chi connectivity index (χ4v) is 6.06. The van der Waals surface area contributed by atoms with Crippen molar-refractivity contribution in [3.8, 4) is 11.5 Å². The molecule has 0 radical (unpaired) electrons. The molecule has 7 nitrogen and oxygen atoms in total. The van der Waals surface area contributed by atoms with Crippen molar-refractivity contribution in [2.45, 2.75) is 27.7 Å². The molecule has 0 spiro atoms. The van der Waals surface area contributed by atoms with Gasteiger partial charge < -0.3 is 14.8 Å². The Balaban J connectivity index is 1.42. The molecule has 2 amide bonds. The predicted octanol–water partition coefficient (Wildman–Crippen LogP) is 8.60. The van der Waals surface area contributed by atoms with Crippen LogP contribution in [0.5, 0.6) is 11.5 Å². The van der Waals surface area contributed by atoms with Gasteiger partial charge in [0.2, 0.25) is 0 Å². The number of amides is 2. The topological polar surface area (TPSA) is 80.2 Å². The summed E-state index contributed by atoms with van der Waals surface area (Å²) in [5.41, 5.74) is 6.22. The molecule has 0 aliphatic carbocycles. The van der Waals surface area contributed by atoms with E-state index in [0.29, 0.717) is 38.3 Å². The maximum Gasteiger partial charge on any atom is 0.271 e. The maximum atomic E-state index is 13.8. The van der Waals surface area contributed by atoms with Crippen molar-refractivity contribution >= 4 is 67.8 Å². The molecule has 0 saturated carbocycles. The van der Waals surface area contributed by atoms with Gasteiger partial charge in [0, 0.05) is 5.69 Å². The first-order valence-electron chi connectivity index (χ1n) is 14.1. The molecule has 1 aliphatic heterocycles. The summed E-state index contributed by atoms with van der Waals surface area (Å²) in [5, 5.41) is 3.41. The second-order valence-corrected chi connectivity index (χ2v) is 12.1. The standard InChI is InChI=1S/C35H32BrN3O4S/c1-5-42-30-19-25(18-29(36)33(30)43-21-32(40)37-27-8-6-7-24(4)17-27)20-31-34(41)39(28-15-11-23(3)12-16-28)35(44-31)38-26-13-9-22(2)10-14-26/h6-20H,5,21H2,1-4H3,(H,37,40)/b31-20-,38-35?. The Morgan fingerprint density at radius 3 is 2.32 bits per heavy atom. The zero-order valence-corrected chi connectivity index (χ0v) is 27.3. The third-order valence-electron chi connectivity index (χ3n) is 6.64. The van der Waals surface area contributed by atoms with Gasteiger partial charge in [-0.15, -0.1) is 0 Å². The van der Waals surface area contributed by atoms with Crippen molar-refractivity contribution in [1.82, 2.24) is 0 Å². The van der Waals surface area contributed by atoms with E-state index in [0.717, 1.165) is 33.6 Å². The van der Waals surface area contributed by atoms with E-state index in [1.807, 2.05) is 113 Å². The number of aryl methyl sites for hydroxylation is 3. The molecule has 4 aromatic carbocycles. The summed E-state index contributed by atoms with van der Waals surface area (Å²) in [6.07, 6.45) is 1.81. The molecule has 1 saturated heterocycles. The molecule has 1 N–H and O–H groups in total. The highest BCUT2D eigenvalue weighted by molar-refractivity contribution is 9.10. The van der Waals surface area contributed by atoms with Crippen LogP contribution in [-0.4, -0.2) is 30.2 Å². The van der Waals surface area contributed by atoms with Crippen LogP contribution in [0.4, 0.5) is 17.1 Å². The van der Waals surface area contributed by atoms with Gasteiger partial charge in [0.05, 0.1) is 27.4 Å². The number of thioether (sulfide) groups is 1. The third-order valence-corrected chi connectivity index (χ3v) is 8.19. The van der Waals surface area contributed by atoms with Gasteiger partial charge in [0.15, 0.2) is 23.3 Å². The Kier molecular flexibility index (Phi) is 9.87. The van der Waals surface area contributed by atoms with Gasteiger partial charge in [-0.3, -0.25) is 14.5 Å². The number of hydrogen-bond acceptors (Lipinski definition) is 6. The molecule has 4 aromatic rings. The largest absolute Gasteiger partial charge is 0.490 e. The third kappa shape index (κ3) is 7.59. The van der Waals surface area contributed by atoms with Crippen molar-refractivity contribution in [1.29, 1.82) is 0 Å². The second kappa shape index (κ2) is 14.0. The number of benzene rings is 4. The normalized spacial score (nSPS) is 14.8. The Labute approximate surface area is 270 Å². The number of hydrogen-bond donors (Lipinski definition) is 1. The number of halogens is 1. The minimum Gasteiger partial charge on any atom is -0.490 e. The maximum absolute atomic E-state index is 13.8. The van der Waals surface area contributed by atoms with Gasteiger partial charge in [-0.05, 0) is 121 Å². The minimum absolute atomic E-state index is 0.174. The van der Waals surface area contributed by atoms with Crippen molar-refractivity contribution < 1.29 is 19.1 Å². The first-order valence-corrected chi connectivity index (χ1v) is 15.7. The summed E-state index contributed by atoms with van der Waals surface area (Å²) in [5.74, 6) is 0.394. The Bertz CT molecular complexity index is 1750. The van der Waals surface area contributed by atoms with Gasteiger partial charge in [0.1, 0.15) is 0 Å². The summed E-state index contributed by atoms with van der Waals surface area (Å²) >= 11 is 4.90. The van der Waals surface area contributed by atoms with E-state index >= 15 is 0 Å². The lowest BCUT2D eigenvalue weighted by atomic mass is 10.1. The zero-order chi connectivity index (χ0) is 31.2. The van der Waals surface area contributed by atoms with E-state index in [1.54, 1.807) is 11.0 Å². The van der Waals surface area contributed by atoms with Gasteiger partial charge in [-0.25, -0.2) is 4.99 Å². The van der Waals surface area contributed by atoms with Crippen LogP contribution in [-0.2, 0) is 9.59 Å². The number of nitrogens with zero attached hydrogens (tertiary/aromatic N) is 2. The first-order chi connectivity index (χ1) is 21.2. The lowest BCUT2D eigenvalue weighted by Crippen LogP contribution is -2.28. The molecule has 1 heterocycles. The number of nitrogens with one attached hydrogen (secondary N) is 1. The summed E-state index contributed by atoms with van der Waals surface area (Å²) in [6, 6.07) is 26.9. The number of ether oxygens (including phenoxy) is 2. The molecular weight excluding hydrogens is 638 g/mol. The second-order valence-electron chi connectivity index (χ2n) is 10.3. The summed E-state index contributed by atoms with van der Waals surface area (Å²) in [6.45, 7) is 8.05. The average molecular weight is 671 g/mol.